The Morgan fingerprint density at radius 1 is 0.750 bits per heavy atom. The minimum Gasteiger partial charge on any atom is -0.469 e. The highest BCUT2D eigenvalue weighted by atomic mass is 35.5. The fourth-order valence-electron chi connectivity index (χ4n) is 2.90. The van der Waals surface area contributed by atoms with Crippen molar-refractivity contribution in [3.63, 3.8) is 0 Å². The van der Waals surface area contributed by atoms with Crippen molar-refractivity contribution in [2.45, 2.75) is 114 Å². The number of alkyl halides is 2. The van der Waals surface area contributed by atoms with Crippen LogP contribution in [-0.4, -0.2) is 23.8 Å². The smallest absolute Gasteiger partial charge is 0.305 e. The van der Waals surface area contributed by atoms with Gasteiger partial charge < -0.3 is 4.74 Å². The first-order valence-electron chi connectivity index (χ1n) is 9.96. The molecule has 0 aliphatic heterocycles. The SMILES string of the molecule is CCCCCCCC[C@@H](Cl)[C@H](Cl)CCCCCCCCC(=O)OC. The minimum atomic E-state index is -0.0986. The van der Waals surface area contributed by atoms with Crippen molar-refractivity contribution in [3.05, 3.63) is 0 Å². The number of carbonyl (C=O) groups is 1. The van der Waals surface area contributed by atoms with Crippen LogP contribution in [0.1, 0.15) is 103 Å². The maximum absolute atomic E-state index is 11.0. The molecular weight excluding hydrogens is 343 g/mol. The van der Waals surface area contributed by atoms with Gasteiger partial charge in [-0.2, -0.15) is 0 Å². The van der Waals surface area contributed by atoms with E-state index in [1.165, 1.54) is 64.9 Å². The molecule has 0 aromatic carbocycles. The molecule has 0 aliphatic rings. The lowest BCUT2D eigenvalue weighted by Crippen LogP contribution is -2.14. The molecule has 0 aromatic rings. The number of hydrogen-bond donors (Lipinski definition) is 0. The number of methoxy groups -OCH3 is 1. The van der Waals surface area contributed by atoms with Crippen molar-refractivity contribution in [2.24, 2.45) is 0 Å². The van der Waals surface area contributed by atoms with Crippen LogP contribution in [0.4, 0.5) is 0 Å². The summed E-state index contributed by atoms with van der Waals surface area (Å²) in [5.41, 5.74) is 0. The Morgan fingerprint density at radius 2 is 1.17 bits per heavy atom. The maximum atomic E-state index is 11.0. The van der Waals surface area contributed by atoms with E-state index in [-0.39, 0.29) is 16.7 Å². The van der Waals surface area contributed by atoms with Crippen LogP contribution in [0.25, 0.3) is 0 Å². The lowest BCUT2D eigenvalue weighted by atomic mass is 10.0. The monoisotopic (exact) mass is 380 g/mol. The van der Waals surface area contributed by atoms with Crippen LogP contribution in [0.3, 0.4) is 0 Å². The van der Waals surface area contributed by atoms with Crippen LogP contribution in [0.5, 0.6) is 0 Å². The van der Waals surface area contributed by atoms with E-state index in [0.717, 1.165) is 32.1 Å². The third-order valence-electron chi connectivity index (χ3n) is 4.56. The molecule has 144 valence electrons. The van der Waals surface area contributed by atoms with Gasteiger partial charge in [0.2, 0.25) is 0 Å². The van der Waals surface area contributed by atoms with Gasteiger partial charge in [0.25, 0.3) is 0 Å². The van der Waals surface area contributed by atoms with Gasteiger partial charge in [0, 0.05) is 17.2 Å². The molecular formula is C20H38Cl2O2. The molecule has 0 aliphatic carbocycles. The van der Waals surface area contributed by atoms with Crippen molar-refractivity contribution in [1.29, 1.82) is 0 Å². The molecule has 24 heavy (non-hydrogen) atoms. The second-order valence-corrected chi connectivity index (χ2v) is 7.95. The second-order valence-electron chi connectivity index (χ2n) is 6.82. The molecule has 0 unspecified atom stereocenters. The summed E-state index contributed by atoms with van der Waals surface area (Å²) in [5.74, 6) is -0.0986. The van der Waals surface area contributed by atoms with Gasteiger partial charge in [-0.3, -0.25) is 4.79 Å². The fourth-order valence-corrected chi connectivity index (χ4v) is 3.46. The van der Waals surface area contributed by atoms with Crippen LogP contribution in [-0.2, 0) is 9.53 Å². The first kappa shape index (κ1) is 24.1. The molecule has 0 fully saturated rings. The van der Waals surface area contributed by atoms with E-state index in [2.05, 4.69) is 11.7 Å². The van der Waals surface area contributed by atoms with Crippen LogP contribution in [0.15, 0.2) is 0 Å². The van der Waals surface area contributed by atoms with Gasteiger partial charge in [-0.15, -0.1) is 23.2 Å². The summed E-state index contributed by atoms with van der Waals surface area (Å²) in [6.07, 6.45) is 17.3. The Kier molecular flexibility index (Phi) is 17.9. The average Bonchev–Trinajstić information content (AvgIpc) is 2.59. The Labute approximate surface area is 160 Å². The molecule has 0 spiro atoms. The Hall–Kier alpha value is 0.0500. The molecule has 2 atom stereocenters. The summed E-state index contributed by atoms with van der Waals surface area (Å²) in [7, 11) is 1.45. The summed E-state index contributed by atoms with van der Waals surface area (Å²) in [5, 5.41) is 0.236. The van der Waals surface area contributed by atoms with Gasteiger partial charge >= 0.3 is 5.97 Å². The molecule has 0 saturated carbocycles. The number of hydrogen-bond acceptors (Lipinski definition) is 2. The first-order valence-corrected chi connectivity index (χ1v) is 10.8. The van der Waals surface area contributed by atoms with E-state index in [4.69, 9.17) is 23.2 Å². The first-order chi connectivity index (χ1) is 11.6. The van der Waals surface area contributed by atoms with Crippen molar-refractivity contribution >= 4 is 29.2 Å². The Balaban J connectivity index is 3.38. The zero-order valence-electron chi connectivity index (χ0n) is 15.8. The molecule has 0 bridgehead atoms. The molecule has 0 heterocycles. The predicted octanol–water partition coefficient (Wildman–Crippen LogP) is 7.25. The number of unbranched alkanes of at least 4 members (excludes halogenated alkanes) is 10. The average molecular weight is 381 g/mol. The quantitative estimate of drug-likeness (QED) is 0.151. The lowest BCUT2D eigenvalue weighted by Gasteiger charge is -2.16. The molecule has 0 rings (SSSR count). The third kappa shape index (κ3) is 15.6. The highest BCUT2D eigenvalue weighted by molar-refractivity contribution is 6.29. The van der Waals surface area contributed by atoms with E-state index in [1.54, 1.807) is 0 Å². The fraction of sp³-hybridized carbons (Fsp3) is 0.950. The van der Waals surface area contributed by atoms with Gasteiger partial charge in [-0.1, -0.05) is 77.6 Å². The van der Waals surface area contributed by atoms with E-state index >= 15 is 0 Å². The van der Waals surface area contributed by atoms with Crippen LogP contribution in [0, 0.1) is 0 Å². The topological polar surface area (TPSA) is 26.3 Å². The molecule has 0 saturated heterocycles. The number of halogens is 2. The van der Waals surface area contributed by atoms with Crippen molar-refractivity contribution in [1.82, 2.24) is 0 Å². The van der Waals surface area contributed by atoms with Gasteiger partial charge in [-0.25, -0.2) is 0 Å². The van der Waals surface area contributed by atoms with Crippen molar-refractivity contribution in [3.8, 4) is 0 Å². The summed E-state index contributed by atoms with van der Waals surface area (Å²) >= 11 is 12.8. The molecule has 0 radical (unpaired) electrons. The maximum Gasteiger partial charge on any atom is 0.305 e. The van der Waals surface area contributed by atoms with Crippen molar-refractivity contribution in [2.75, 3.05) is 7.11 Å². The van der Waals surface area contributed by atoms with Gasteiger partial charge in [0.1, 0.15) is 0 Å². The number of carbonyl (C=O) groups excluding carboxylic acids is 1. The molecule has 0 aromatic heterocycles. The minimum absolute atomic E-state index is 0.0986. The molecule has 4 heteroatoms. The van der Waals surface area contributed by atoms with Gasteiger partial charge in [-0.05, 0) is 19.3 Å². The van der Waals surface area contributed by atoms with E-state index < -0.39 is 0 Å². The zero-order valence-corrected chi connectivity index (χ0v) is 17.3. The van der Waals surface area contributed by atoms with Crippen LogP contribution in [0.2, 0.25) is 0 Å². The molecule has 0 amide bonds. The number of rotatable bonds is 17. The highest BCUT2D eigenvalue weighted by Gasteiger charge is 2.15. The largest absolute Gasteiger partial charge is 0.469 e. The van der Waals surface area contributed by atoms with Gasteiger partial charge in [0.15, 0.2) is 0 Å². The van der Waals surface area contributed by atoms with Crippen LogP contribution < -0.4 is 0 Å². The third-order valence-corrected chi connectivity index (χ3v) is 5.74. The summed E-state index contributed by atoms with van der Waals surface area (Å²) in [6, 6.07) is 0. The standard InChI is InChI=1S/C20H38Cl2O2/c1-3-4-5-6-9-12-15-18(21)19(22)16-13-10-7-8-11-14-17-20(23)24-2/h18-19H,3-17H2,1-2H3/t18-,19-/m1/s1. The lowest BCUT2D eigenvalue weighted by molar-refractivity contribution is -0.140. The highest BCUT2D eigenvalue weighted by Crippen LogP contribution is 2.23. The predicted molar refractivity (Wildman–Crippen MR) is 106 cm³/mol. The second kappa shape index (κ2) is 17.9. The number of ether oxygens (including phenoxy) is 1. The van der Waals surface area contributed by atoms with E-state index in [9.17, 15) is 4.79 Å². The Bertz CT molecular complexity index is 285. The Morgan fingerprint density at radius 3 is 1.62 bits per heavy atom. The van der Waals surface area contributed by atoms with Crippen LogP contribution >= 0.6 is 23.2 Å². The summed E-state index contributed by atoms with van der Waals surface area (Å²) in [4.78, 5) is 11.0. The van der Waals surface area contributed by atoms with Crippen molar-refractivity contribution < 1.29 is 9.53 Å². The number of esters is 1. The normalized spacial score (nSPS) is 13.7. The van der Waals surface area contributed by atoms with Gasteiger partial charge in [0.05, 0.1) is 7.11 Å². The zero-order chi connectivity index (χ0) is 18.0. The summed E-state index contributed by atoms with van der Waals surface area (Å²) < 4.78 is 4.63. The molecule has 2 nitrogen and oxygen atoms in total. The van der Waals surface area contributed by atoms with E-state index in [1.807, 2.05) is 0 Å². The molecule has 0 N–H and O–H groups in total. The van der Waals surface area contributed by atoms with E-state index in [0.29, 0.717) is 6.42 Å². The summed E-state index contributed by atoms with van der Waals surface area (Å²) in [6.45, 7) is 2.25.